The summed E-state index contributed by atoms with van der Waals surface area (Å²) in [5, 5.41) is 3.25. The molecule has 4 rings (SSSR count). The molecule has 7 nitrogen and oxygen atoms in total. The van der Waals surface area contributed by atoms with Crippen molar-refractivity contribution in [1.29, 1.82) is 0 Å². The first kappa shape index (κ1) is 23.3. The molecule has 0 aliphatic rings. The summed E-state index contributed by atoms with van der Waals surface area (Å²) in [6, 6.07) is 19.3. The Morgan fingerprint density at radius 3 is 2.47 bits per heavy atom. The Morgan fingerprint density at radius 2 is 1.74 bits per heavy atom. The number of carbonyl (C=O) groups is 2. The summed E-state index contributed by atoms with van der Waals surface area (Å²) in [6.45, 7) is 3.92. The molecule has 3 aromatic carbocycles. The summed E-state index contributed by atoms with van der Waals surface area (Å²) < 4.78 is 6.62. The van der Waals surface area contributed by atoms with Gasteiger partial charge in [-0.1, -0.05) is 36.0 Å². The van der Waals surface area contributed by atoms with Crippen LogP contribution in [-0.2, 0) is 4.79 Å². The van der Waals surface area contributed by atoms with E-state index >= 15 is 0 Å². The number of benzene rings is 3. The van der Waals surface area contributed by atoms with E-state index in [-0.39, 0.29) is 11.3 Å². The van der Waals surface area contributed by atoms with Gasteiger partial charge in [0.1, 0.15) is 5.75 Å². The number of hydrogen-bond donors (Lipinski definition) is 1. The quantitative estimate of drug-likeness (QED) is 0.336. The number of hydrogen-bond acceptors (Lipinski definition) is 6. The second-order valence-electron chi connectivity index (χ2n) is 7.67. The zero-order chi connectivity index (χ0) is 24.2. The van der Waals surface area contributed by atoms with E-state index in [4.69, 9.17) is 4.74 Å². The third kappa shape index (κ3) is 4.72. The summed E-state index contributed by atoms with van der Waals surface area (Å²) in [5.74, 6) is -0.463. The molecule has 0 saturated carbocycles. The summed E-state index contributed by atoms with van der Waals surface area (Å²) in [5.41, 5.74) is 3.37. The normalized spacial score (nSPS) is 10.8. The molecule has 0 aliphatic carbocycles. The van der Waals surface area contributed by atoms with E-state index in [1.54, 1.807) is 42.5 Å². The Morgan fingerprint density at radius 1 is 1.00 bits per heavy atom. The van der Waals surface area contributed by atoms with Gasteiger partial charge in [0.05, 0.1) is 29.5 Å². The van der Waals surface area contributed by atoms with Crippen molar-refractivity contribution in [2.45, 2.75) is 19.0 Å². The lowest BCUT2D eigenvalue weighted by Gasteiger charge is -2.16. The highest BCUT2D eigenvalue weighted by atomic mass is 32.2. The first-order valence-electron chi connectivity index (χ1n) is 10.6. The van der Waals surface area contributed by atoms with Gasteiger partial charge in [0.2, 0.25) is 5.91 Å². The number of nitrogens with zero attached hydrogens (tertiary/aromatic N) is 2. The summed E-state index contributed by atoms with van der Waals surface area (Å²) in [6.07, 6.45) is 0. The van der Waals surface area contributed by atoms with Crippen molar-refractivity contribution < 1.29 is 14.3 Å². The van der Waals surface area contributed by atoms with Gasteiger partial charge in [-0.25, -0.2) is 4.98 Å². The van der Waals surface area contributed by atoms with Crippen molar-refractivity contribution in [3.8, 4) is 11.4 Å². The van der Waals surface area contributed by atoms with Crippen molar-refractivity contribution in [3.63, 3.8) is 0 Å². The molecule has 34 heavy (non-hydrogen) atoms. The SMILES string of the molecule is COc1ccc(C(=O)NC(=O)CSc2nc3ccccc3c(=O)n2-c2cccc(C)c2C)cc1. The molecular weight excluding hydrogens is 450 g/mol. The smallest absolute Gasteiger partial charge is 0.266 e. The molecule has 0 saturated heterocycles. The van der Waals surface area contributed by atoms with Gasteiger partial charge in [0.25, 0.3) is 11.5 Å². The van der Waals surface area contributed by atoms with Gasteiger partial charge in [-0.3, -0.25) is 24.3 Å². The maximum absolute atomic E-state index is 13.4. The third-order valence-corrected chi connectivity index (χ3v) is 6.44. The number of ether oxygens (including phenoxy) is 1. The Hall–Kier alpha value is -3.91. The molecule has 4 aromatic rings. The molecule has 8 heteroatoms. The Bertz CT molecular complexity index is 1450. The molecular formula is C26H23N3O4S. The number of para-hydroxylation sites is 1. The second-order valence-corrected chi connectivity index (χ2v) is 8.61. The van der Waals surface area contributed by atoms with Gasteiger partial charge < -0.3 is 4.74 Å². The van der Waals surface area contributed by atoms with Crippen molar-refractivity contribution in [3.05, 3.63) is 93.8 Å². The molecule has 0 aliphatic heterocycles. The van der Waals surface area contributed by atoms with E-state index < -0.39 is 11.8 Å². The topological polar surface area (TPSA) is 90.3 Å². The average molecular weight is 474 g/mol. The fourth-order valence-electron chi connectivity index (χ4n) is 3.51. The highest BCUT2D eigenvalue weighted by Gasteiger charge is 2.18. The van der Waals surface area contributed by atoms with E-state index in [0.717, 1.165) is 22.9 Å². The number of carbonyl (C=O) groups excluding carboxylic acids is 2. The van der Waals surface area contributed by atoms with Gasteiger partial charge >= 0.3 is 0 Å². The maximum atomic E-state index is 13.4. The third-order valence-electron chi connectivity index (χ3n) is 5.50. The molecule has 0 fully saturated rings. The van der Waals surface area contributed by atoms with Crippen molar-refractivity contribution >= 4 is 34.5 Å². The number of rotatable bonds is 6. The van der Waals surface area contributed by atoms with Crippen molar-refractivity contribution in [2.24, 2.45) is 0 Å². The van der Waals surface area contributed by atoms with E-state index in [1.807, 2.05) is 38.1 Å². The summed E-state index contributed by atoms with van der Waals surface area (Å²) in [7, 11) is 1.54. The Labute approximate surface area is 200 Å². The maximum Gasteiger partial charge on any atom is 0.266 e. The first-order chi connectivity index (χ1) is 16.4. The molecule has 1 aromatic heterocycles. The van der Waals surface area contributed by atoms with Gasteiger partial charge in [-0.05, 0) is 67.4 Å². The van der Waals surface area contributed by atoms with E-state index in [1.165, 1.54) is 11.7 Å². The molecule has 1 N–H and O–H groups in total. The van der Waals surface area contributed by atoms with E-state index in [2.05, 4.69) is 10.3 Å². The van der Waals surface area contributed by atoms with Gasteiger partial charge in [-0.2, -0.15) is 0 Å². The van der Waals surface area contributed by atoms with Crippen LogP contribution in [0, 0.1) is 13.8 Å². The second kappa shape index (κ2) is 9.93. The van der Waals surface area contributed by atoms with Crippen molar-refractivity contribution in [1.82, 2.24) is 14.9 Å². The minimum Gasteiger partial charge on any atom is -0.497 e. The summed E-state index contributed by atoms with van der Waals surface area (Å²) in [4.78, 5) is 43.0. The number of nitrogens with one attached hydrogen (secondary N) is 1. The average Bonchev–Trinajstić information content (AvgIpc) is 2.85. The van der Waals surface area contributed by atoms with Crippen LogP contribution in [-0.4, -0.2) is 34.2 Å². The molecule has 1 heterocycles. The largest absolute Gasteiger partial charge is 0.497 e. The standard InChI is InChI=1S/C26H23N3O4S/c1-16-7-6-10-22(17(16)2)29-25(32)20-8-4-5-9-21(20)27-26(29)34-15-23(30)28-24(31)18-11-13-19(33-3)14-12-18/h4-14H,15H2,1-3H3,(H,28,30,31). The van der Waals surface area contributed by atoms with Crippen LogP contribution >= 0.6 is 11.8 Å². The molecule has 172 valence electrons. The fourth-order valence-corrected chi connectivity index (χ4v) is 4.31. The zero-order valence-electron chi connectivity index (χ0n) is 19.0. The Kier molecular flexibility index (Phi) is 6.79. The lowest BCUT2D eigenvalue weighted by atomic mass is 10.1. The van der Waals surface area contributed by atoms with Gasteiger partial charge in [-0.15, -0.1) is 0 Å². The van der Waals surface area contributed by atoms with Crippen LogP contribution in [0.5, 0.6) is 5.75 Å². The van der Waals surface area contributed by atoms with Crippen LogP contribution in [0.4, 0.5) is 0 Å². The minimum absolute atomic E-state index is 0.0858. The Balaban J connectivity index is 1.62. The molecule has 0 atom stereocenters. The zero-order valence-corrected chi connectivity index (χ0v) is 19.8. The first-order valence-corrected chi connectivity index (χ1v) is 11.6. The number of aromatic nitrogens is 2. The monoisotopic (exact) mass is 473 g/mol. The van der Waals surface area contributed by atoms with Crippen LogP contribution < -0.4 is 15.6 Å². The lowest BCUT2D eigenvalue weighted by molar-refractivity contribution is -0.117. The van der Waals surface area contributed by atoms with E-state index in [9.17, 15) is 14.4 Å². The van der Waals surface area contributed by atoms with Gasteiger partial charge in [0, 0.05) is 5.56 Å². The predicted octanol–water partition coefficient (Wildman–Crippen LogP) is 4.06. The van der Waals surface area contributed by atoms with Gasteiger partial charge in [0.15, 0.2) is 5.16 Å². The highest BCUT2D eigenvalue weighted by Crippen LogP contribution is 2.24. The van der Waals surface area contributed by atoms with E-state index in [0.29, 0.717) is 33.1 Å². The number of thioether (sulfide) groups is 1. The number of methoxy groups -OCH3 is 1. The van der Waals surface area contributed by atoms with Crippen LogP contribution in [0.1, 0.15) is 21.5 Å². The molecule has 2 amide bonds. The van der Waals surface area contributed by atoms with Crippen LogP contribution in [0.2, 0.25) is 0 Å². The van der Waals surface area contributed by atoms with Crippen LogP contribution in [0.3, 0.4) is 0 Å². The summed E-state index contributed by atoms with van der Waals surface area (Å²) >= 11 is 1.10. The lowest BCUT2D eigenvalue weighted by Crippen LogP contribution is -2.32. The molecule has 0 radical (unpaired) electrons. The number of imide groups is 1. The molecule has 0 unspecified atom stereocenters. The van der Waals surface area contributed by atoms with Crippen molar-refractivity contribution in [2.75, 3.05) is 12.9 Å². The predicted molar refractivity (Wildman–Crippen MR) is 133 cm³/mol. The number of amides is 2. The minimum atomic E-state index is -0.508. The highest BCUT2D eigenvalue weighted by molar-refractivity contribution is 7.99. The molecule has 0 spiro atoms. The number of fused-ring (bicyclic) bond motifs is 1. The van der Waals surface area contributed by atoms with Crippen LogP contribution in [0.15, 0.2) is 76.7 Å². The fraction of sp³-hybridized carbons (Fsp3) is 0.154. The molecule has 0 bridgehead atoms. The number of aryl methyl sites for hydroxylation is 1. The van der Waals surface area contributed by atoms with Crippen LogP contribution in [0.25, 0.3) is 16.6 Å².